The molecule has 2 heterocycles. The molecule has 1 N–H and O–H groups in total. The molecule has 94 valence electrons. The molecule has 17 heavy (non-hydrogen) atoms. The van der Waals surface area contributed by atoms with Gasteiger partial charge in [0.2, 0.25) is 5.88 Å². The van der Waals surface area contributed by atoms with Gasteiger partial charge in [0.1, 0.15) is 5.82 Å². The minimum Gasteiger partial charge on any atom is -0.478 e. The lowest BCUT2D eigenvalue weighted by atomic mass is 10.2. The van der Waals surface area contributed by atoms with Crippen LogP contribution in [-0.4, -0.2) is 47.7 Å². The molecular weight excluding hydrogens is 216 g/mol. The normalized spacial score (nSPS) is 17.1. The van der Waals surface area contributed by atoms with E-state index < -0.39 is 0 Å². The maximum atomic E-state index is 5.57. The zero-order valence-corrected chi connectivity index (χ0v) is 10.6. The standard InChI is InChI=1S/C12H20N4O/c1-3-17-12-11(8-14-10(2)15-12)9-16-6-4-13-5-7-16/h8,13H,3-7,9H2,1-2H3. The van der Waals surface area contributed by atoms with Gasteiger partial charge in [-0.05, 0) is 13.8 Å². The van der Waals surface area contributed by atoms with Crippen LogP contribution in [0.2, 0.25) is 0 Å². The molecule has 0 unspecified atom stereocenters. The van der Waals surface area contributed by atoms with Gasteiger partial charge in [-0.3, -0.25) is 4.90 Å². The van der Waals surface area contributed by atoms with Gasteiger partial charge >= 0.3 is 0 Å². The molecule has 1 aromatic heterocycles. The highest BCUT2D eigenvalue weighted by molar-refractivity contribution is 5.23. The van der Waals surface area contributed by atoms with Gasteiger partial charge in [-0.1, -0.05) is 0 Å². The Bertz CT molecular complexity index is 364. The second kappa shape index (κ2) is 5.93. The summed E-state index contributed by atoms with van der Waals surface area (Å²) >= 11 is 0. The maximum Gasteiger partial charge on any atom is 0.221 e. The Morgan fingerprint density at radius 3 is 2.88 bits per heavy atom. The van der Waals surface area contributed by atoms with Gasteiger partial charge in [0.15, 0.2) is 0 Å². The second-order valence-corrected chi connectivity index (χ2v) is 4.21. The third kappa shape index (κ3) is 3.38. The number of nitrogens with one attached hydrogen (secondary N) is 1. The van der Waals surface area contributed by atoms with Crippen molar-refractivity contribution in [3.8, 4) is 5.88 Å². The summed E-state index contributed by atoms with van der Waals surface area (Å²) in [6, 6.07) is 0. The quantitative estimate of drug-likeness (QED) is 0.829. The fourth-order valence-corrected chi connectivity index (χ4v) is 1.95. The molecule has 1 aromatic rings. The molecule has 1 aliphatic heterocycles. The zero-order valence-electron chi connectivity index (χ0n) is 10.6. The first-order valence-electron chi connectivity index (χ1n) is 6.18. The predicted octanol–water partition coefficient (Wildman–Crippen LogP) is 0.589. The number of piperazine rings is 1. The van der Waals surface area contributed by atoms with Crippen molar-refractivity contribution in [1.29, 1.82) is 0 Å². The van der Waals surface area contributed by atoms with Crippen LogP contribution < -0.4 is 10.1 Å². The van der Waals surface area contributed by atoms with Gasteiger partial charge in [-0.15, -0.1) is 0 Å². The number of aromatic nitrogens is 2. The molecule has 1 aliphatic rings. The highest BCUT2D eigenvalue weighted by Crippen LogP contribution is 2.17. The summed E-state index contributed by atoms with van der Waals surface area (Å²) in [5.74, 6) is 1.50. The molecule has 1 fully saturated rings. The Morgan fingerprint density at radius 1 is 1.41 bits per heavy atom. The smallest absolute Gasteiger partial charge is 0.221 e. The predicted molar refractivity (Wildman–Crippen MR) is 66.1 cm³/mol. The molecule has 0 spiro atoms. The van der Waals surface area contributed by atoms with E-state index in [1.165, 1.54) is 0 Å². The van der Waals surface area contributed by atoms with Crippen molar-refractivity contribution < 1.29 is 4.74 Å². The van der Waals surface area contributed by atoms with Crippen molar-refractivity contribution in [2.24, 2.45) is 0 Å². The molecule has 0 atom stereocenters. The van der Waals surface area contributed by atoms with E-state index in [4.69, 9.17) is 4.74 Å². The number of hydrogen-bond acceptors (Lipinski definition) is 5. The SMILES string of the molecule is CCOc1nc(C)ncc1CN1CCNCC1. The van der Waals surface area contributed by atoms with Crippen LogP contribution >= 0.6 is 0 Å². The maximum absolute atomic E-state index is 5.57. The van der Waals surface area contributed by atoms with Gasteiger partial charge in [-0.25, -0.2) is 4.98 Å². The Labute approximate surface area is 102 Å². The van der Waals surface area contributed by atoms with Crippen LogP contribution in [0.5, 0.6) is 5.88 Å². The highest BCUT2D eigenvalue weighted by atomic mass is 16.5. The molecular formula is C12H20N4O. The summed E-state index contributed by atoms with van der Waals surface area (Å²) in [5.41, 5.74) is 1.08. The largest absolute Gasteiger partial charge is 0.478 e. The first-order valence-corrected chi connectivity index (χ1v) is 6.18. The summed E-state index contributed by atoms with van der Waals surface area (Å²) in [6.07, 6.45) is 1.88. The summed E-state index contributed by atoms with van der Waals surface area (Å²) in [5, 5.41) is 3.35. The zero-order chi connectivity index (χ0) is 12.1. The van der Waals surface area contributed by atoms with E-state index >= 15 is 0 Å². The molecule has 0 saturated carbocycles. The van der Waals surface area contributed by atoms with Crippen molar-refractivity contribution in [1.82, 2.24) is 20.2 Å². The number of nitrogens with zero attached hydrogens (tertiary/aromatic N) is 3. The van der Waals surface area contributed by atoms with E-state index in [-0.39, 0.29) is 0 Å². The van der Waals surface area contributed by atoms with Crippen LogP contribution in [0.25, 0.3) is 0 Å². The Morgan fingerprint density at radius 2 is 2.18 bits per heavy atom. The summed E-state index contributed by atoms with van der Waals surface area (Å²) in [4.78, 5) is 11.0. The fraction of sp³-hybridized carbons (Fsp3) is 0.667. The van der Waals surface area contributed by atoms with Crippen LogP contribution in [-0.2, 0) is 6.54 Å². The van der Waals surface area contributed by atoms with Crippen LogP contribution in [0.1, 0.15) is 18.3 Å². The van der Waals surface area contributed by atoms with Crippen LogP contribution in [0, 0.1) is 6.92 Å². The number of aryl methyl sites for hydroxylation is 1. The fourth-order valence-electron chi connectivity index (χ4n) is 1.95. The number of rotatable bonds is 4. The van der Waals surface area contributed by atoms with Crippen molar-refractivity contribution in [2.45, 2.75) is 20.4 Å². The lowest BCUT2D eigenvalue weighted by Crippen LogP contribution is -2.43. The van der Waals surface area contributed by atoms with Crippen LogP contribution in [0.3, 0.4) is 0 Å². The van der Waals surface area contributed by atoms with Gasteiger partial charge < -0.3 is 10.1 Å². The Balaban J connectivity index is 2.07. The van der Waals surface area contributed by atoms with Crippen LogP contribution in [0.15, 0.2) is 6.20 Å². The van der Waals surface area contributed by atoms with E-state index in [1.54, 1.807) is 0 Å². The van der Waals surface area contributed by atoms with Gasteiger partial charge in [0.05, 0.1) is 6.61 Å². The molecule has 0 bridgehead atoms. The van der Waals surface area contributed by atoms with E-state index in [0.29, 0.717) is 6.61 Å². The van der Waals surface area contributed by atoms with Crippen molar-refractivity contribution in [3.05, 3.63) is 17.6 Å². The Hall–Kier alpha value is -1.20. The third-order valence-electron chi connectivity index (χ3n) is 2.83. The lowest BCUT2D eigenvalue weighted by molar-refractivity contribution is 0.226. The van der Waals surface area contributed by atoms with Crippen molar-refractivity contribution in [2.75, 3.05) is 32.8 Å². The number of hydrogen-bond donors (Lipinski definition) is 1. The van der Waals surface area contributed by atoms with Gasteiger partial charge in [0, 0.05) is 44.5 Å². The first kappa shape index (κ1) is 12.3. The summed E-state index contributed by atoms with van der Waals surface area (Å²) in [7, 11) is 0. The van der Waals surface area contributed by atoms with Crippen molar-refractivity contribution >= 4 is 0 Å². The average Bonchev–Trinajstić information content (AvgIpc) is 2.34. The van der Waals surface area contributed by atoms with Gasteiger partial charge in [0.25, 0.3) is 0 Å². The molecule has 0 amide bonds. The molecule has 1 saturated heterocycles. The van der Waals surface area contributed by atoms with Crippen molar-refractivity contribution in [3.63, 3.8) is 0 Å². The average molecular weight is 236 g/mol. The van der Waals surface area contributed by atoms with Crippen LogP contribution in [0.4, 0.5) is 0 Å². The van der Waals surface area contributed by atoms with E-state index in [2.05, 4.69) is 20.2 Å². The van der Waals surface area contributed by atoms with Gasteiger partial charge in [-0.2, -0.15) is 4.98 Å². The van der Waals surface area contributed by atoms with E-state index in [0.717, 1.165) is 50.0 Å². The molecule has 0 aromatic carbocycles. The summed E-state index contributed by atoms with van der Waals surface area (Å²) in [6.45, 7) is 9.62. The first-order chi connectivity index (χ1) is 8.29. The second-order valence-electron chi connectivity index (χ2n) is 4.21. The minimum atomic E-state index is 0.644. The highest BCUT2D eigenvalue weighted by Gasteiger charge is 2.14. The molecule has 0 radical (unpaired) electrons. The third-order valence-corrected chi connectivity index (χ3v) is 2.83. The van der Waals surface area contributed by atoms with E-state index in [9.17, 15) is 0 Å². The molecule has 5 heteroatoms. The monoisotopic (exact) mass is 236 g/mol. The molecule has 0 aliphatic carbocycles. The lowest BCUT2D eigenvalue weighted by Gasteiger charge is -2.27. The number of ether oxygens (including phenoxy) is 1. The Kier molecular flexibility index (Phi) is 4.28. The van der Waals surface area contributed by atoms with E-state index in [1.807, 2.05) is 20.0 Å². The summed E-state index contributed by atoms with van der Waals surface area (Å²) < 4.78 is 5.57. The minimum absolute atomic E-state index is 0.644. The topological polar surface area (TPSA) is 50.3 Å². The molecule has 5 nitrogen and oxygen atoms in total. The molecule has 2 rings (SSSR count).